The van der Waals surface area contributed by atoms with E-state index in [0.717, 1.165) is 6.54 Å². The van der Waals surface area contributed by atoms with Gasteiger partial charge < -0.3 is 13.9 Å². The Morgan fingerprint density at radius 3 is 2.91 bits per heavy atom. The van der Waals surface area contributed by atoms with Gasteiger partial charge in [0.15, 0.2) is 17.0 Å². The van der Waals surface area contributed by atoms with Crippen LogP contribution in [0.15, 0.2) is 45.9 Å². The van der Waals surface area contributed by atoms with Crippen molar-refractivity contribution in [2.75, 3.05) is 7.05 Å². The van der Waals surface area contributed by atoms with Gasteiger partial charge in [-0.3, -0.25) is 9.59 Å². The van der Waals surface area contributed by atoms with E-state index in [4.69, 9.17) is 4.42 Å². The lowest BCUT2D eigenvalue weighted by molar-refractivity contribution is 0.0749. The fraction of sp³-hybridized carbons (Fsp3) is 0.250. The molecule has 7 heteroatoms. The third-order valence-corrected chi connectivity index (χ3v) is 3.61. The van der Waals surface area contributed by atoms with Gasteiger partial charge in [-0.25, -0.2) is 0 Å². The maximum Gasteiger partial charge on any atom is 0.289 e. The van der Waals surface area contributed by atoms with Gasteiger partial charge in [0, 0.05) is 19.7 Å². The van der Waals surface area contributed by atoms with E-state index in [0.29, 0.717) is 16.8 Å². The second-order valence-electron chi connectivity index (χ2n) is 5.17. The Labute approximate surface area is 132 Å². The fourth-order valence-corrected chi connectivity index (χ4v) is 2.35. The van der Waals surface area contributed by atoms with Gasteiger partial charge in [0.25, 0.3) is 5.91 Å². The molecule has 2 aromatic heterocycles. The number of para-hydroxylation sites is 1. The molecule has 0 fully saturated rings. The summed E-state index contributed by atoms with van der Waals surface area (Å²) in [5, 5.41) is 8.29. The number of carbonyl (C=O) groups excluding carboxylic acids is 1. The van der Waals surface area contributed by atoms with Gasteiger partial charge in [-0.2, -0.15) is 0 Å². The lowest BCUT2D eigenvalue weighted by atomic mass is 10.2. The number of fused-ring (bicyclic) bond motifs is 1. The van der Waals surface area contributed by atoms with Crippen LogP contribution in [0.25, 0.3) is 11.0 Å². The number of hydrogen-bond acceptors (Lipinski definition) is 5. The molecule has 0 unspecified atom stereocenters. The lowest BCUT2D eigenvalue weighted by Gasteiger charge is -2.16. The Morgan fingerprint density at radius 2 is 2.13 bits per heavy atom. The molecule has 0 radical (unpaired) electrons. The van der Waals surface area contributed by atoms with Gasteiger partial charge in [0.2, 0.25) is 0 Å². The van der Waals surface area contributed by atoms with Gasteiger partial charge >= 0.3 is 0 Å². The quantitative estimate of drug-likeness (QED) is 0.732. The molecule has 0 aliphatic heterocycles. The van der Waals surface area contributed by atoms with Crippen molar-refractivity contribution in [3.8, 4) is 0 Å². The van der Waals surface area contributed by atoms with Crippen LogP contribution in [0.3, 0.4) is 0 Å². The van der Waals surface area contributed by atoms with Gasteiger partial charge in [-0.15, -0.1) is 10.2 Å². The van der Waals surface area contributed by atoms with Gasteiger partial charge in [0.1, 0.15) is 11.9 Å². The van der Waals surface area contributed by atoms with Crippen LogP contribution >= 0.6 is 0 Å². The largest absolute Gasteiger partial charge is 0.451 e. The van der Waals surface area contributed by atoms with Crippen molar-refractivity contribution in [3.05, 3.63) is 58.5 Å². The van der Waals surface area contributed by atoms with Crippen molar-refractivity contribution in [3.63, 3.8) is 0 Å². The van der Waals surface area contributed by atoms with Crippen LogP contribution < -0.4 is 5.43 Å². The highest BCUT2D eigenvalue weighted by atomic mass is 16.3. The zero-order chi connectivity index (χ0) is 16.4. The molecule has 118 valence electrons. The molecule has 0 N–H and O–H groups in total. The monoisotopic (exact) mass is 312 g/mol. The zero-order valence-corrected chi connectivity index (χ0v) is 12.9. The first-order valence-electron chi connectivity index (χ1n) is 7.25. The second-order valence-corrected chi connectivity index (χ2v) is 5.17. The number of nitrogens with zero attached hydrogens (tertiary/aromatic N) is 4. The molecule has 2 heterocycles. The minimum Gasteiger partial charge on any atom is -0.451 e. The maximum absolute atomic E-state index is 12.5. The zero-order valence-electron chi connectivity index (χ0n) is 12.9. The van der Waals surface area contributed by atoms with Crippen LogP contribution in [-0.4, -0.2) is 32.6 Å². The minimum atomic E-state index is -0.376. The van der Waals surface area contributed by atoms with Crippen LogP contribution in [0, 0.1) is 0 Å². The SMILES string of the molecule is CCn1cnnc1CN(C)C(=O)c1cc(=O)c2ccccc2o1. The fourth-order valence-electron chi connectivity index (χ4n) is 2.35. The van der Waals surface area contributed by atoms with E-state index >= 15 is 0 Å². The van der Waals surface area contributed by atoms with E-state index < -0.39 is 0 Å². The first-order valence-corrected chi connectivity index (χ1v) is 7.25. The molecular formula is C16H16N4O3. The molecule has 0 aliphatic carbocycles. The molecule has 23 heavy (non-hydrogen) atoms. The summed E-state index contributed by atoms with van der Waals surface area (Å²) in [5.74, 6) is 0.309. The summed E-state index contributed by atoms with van der Waals surface area (Å²) < 4.78 is 7.41. The number of aryl methyl sites for hydroxylation is 1. The molecule has 0 spiro atoms. The second kappa shape index (κ2) is 6.04. The molecule has 1 aromatic carbocycles. The van der Waals surface area contributed by atoms with E-state index in [1.807, 2.05) is 11.5 Å². The first kappa shape index (κ1) is 15.0. The summed E-state index contributed by atoms with van der Waals surface area (Å²) in [5.41, 5.74) is 0.161. The Bertz CT molecular complexity index is 913. The standard InChI is InChI=1S/C16H16N4O3/c1-3-20-10-17-18-15(20)9-19(2)16(22)14-8-12(21)11-6-4-5-7-13(11)23-14/h4-8,10H,3,9H2,1-2H3. The average Bonchev–Trinajstić information content (AvgIpc) is 3.01. The van der Waals surface area contributed by atoms with Crippen LogP contribution in [0.2, 0.25) is 0 Å². The van der Waals surface area contributed by atoms with Crippen LogP contribution in [0.1, 0.15) is 23.3 Å². The molecule has 0 bridgehead atoms. The van der Waals surface area contributed by atoms with Crippen molar-refractivity contribution in [2.45, 2.75) is 20.0 Å². The molecule has 1 amide bonds. The van der Waals surface area contributed by atoms with Crippen molar-refractivity contribution in [2.24, 2.45) is 0 Å². The number of rotatable bonds is 4. The summed E-state index contributed by atoms with van der Waals surface area (Å²) in [7, 11) is 1.63. The highest BCUT2D eigenvalue weighted by Crippen LogP contribution is 2.13. The topological polar surface area (TPSA) is 81.2 Å². The predicted molar refractivity (Wildman–Crippen MR) is 84.0 cm³/mol. The summed E-state index contributed by atoms with van der Waals surface area (Å²) in [6, 6.07) is 8.08. The Balaban J connectivity index is 1.89. The molecule has 3 aromatic rings. The Morgan fingerprint density at radius 1 is 1.35 bits per heavy atom. The van der Waals surface area contributed by atoms with Crippen molar-refractivity contribution in [1.82, 2.24) is 19.7 Å². The molecule has 3 rings (SSSR count). The number of carbonyl (C=O) groups is 1. The van der Waals surface area contributed by atoms with Gasteiger partial charge in [-0.05, 0) is 19.1 Å². The number of aromatic nitrogens is 3. The average molecular weight is 312 g/mol. The lowest BCUT2D eigenvalue weighted by Crippen LogP contribution is -2.28. The third kappa shape index (κ3) is 2.85. The summed E-state index contributed by atoms with van der Waals surface area (Å²) in [4.78, 5) is 26.0. The summed E-state index contributed by atoms with van der Waals surface area (Å²) in [6.07, 6.45) is 1.61. The number of amides is 1. The van der Waals surface area contributed by atoms with E-state index in [1.54, 1.807) is 37.6 Å². The minimum absolute atomic E-state index is 0.0127. The Hall–Kier alpha value is -2.96. The Kier molecular flexibility index (Phi) is 3.92. The normalized spacial score (nSPS) is 10.9. The van der Waals surface area contributed by atoms with Crippen molar-refractivity contribution >= 4 is 16.9 Å². The smallest absolute Gasteiger partial charge is 0.289 e. The highest BCUT2D eigenvalue weighted by molar-refractivity contribution is 5.92. The van der Waals surface area contributed by atoms with E-state index in [9.17, 15) is 9.59 Å². The van der Waals surface area contributed by atoms with Gasteiger partial charge in [-0.1, -0.05) is 12.1 Å². The summed E-state index contributed by atoms with van der Waals surface area (Å²) >= 11 is 0. The van der Waals surface area contributed by atoms with Crippen LogP contribution in [0.4, 0.5) is 0 Å². The highest BCUT2D eigenvalue weighted by Gasteiger charge is 2.18. The molecule has 0 saturated carbocycles. The first-order chi connectivity index (χ1) is 11.1. The summed E-state index contributed by atoms with van der Waals surface area (Å²) in [6.45, 7) is 2.97. The molecule has 7 nitrogen and oxygen atoms in total. The van der Waals surface area contributed by atoms with Gasteiger partial charge in [0.05, 0.1) is 11.9 Å². The molecular weight excluding hydrogens is 296 g/mol. The molecule has 0 saturated heterocycles. The van der Waals surface area contributed by atoms with Crippen LogP contribution in [-0.2, 0) is 13.1 Å². The number of benzene rings is 1. The third-order valence-electron chi connectivity index (χ3n) is 3.61. The van der Waals surface area contributed by atoms with Crippen molar-refractivity contribution < 1.29 is 9.21 Å². The number of hydrogen-bond donors (Lipinski definition) is 0. The predicted octanol–water partition coefficient (Wildman–Crippen LogP) is 1.68. The van der Waals surface area contributed by atoms with E-state index in [2.05, 4.69) is 10.2 Å². The molecule has 0 aliphatic rings. The van der Waals surface area contributed by atoms with E-state index in [-0.39, 0.29) is 23.6 Å². The van der Waals surface area contributed by atoms with E-state index in [1.165, 1.54) is 11.0 Å². The van der Waals surface area contributed by atoms with Crippen molar-refractivity contribution in [1.29, 1.82) is 0 Å². The molecule has 0 atom stereocenters. The van der Waals surface area contributed by atoms with Crippen LogP contribution in [0.5, 0.6) is 0 Å². The maximum atomic E-state index is 12.5.